The number of carbonyl (C=O) groups is 1. The second-order valence-corrected chi connectivity index (χ2v) is 4.92. The van der Waals surface area contributed by atoms with E-state index < -0.39 is 0 Å². The molecule has 1 heterocycles. The normalized spacial score (nSPS) is 15.2. The van der Waals surface area contributed by atoms with Gasteiger partial charge in [-0.1, -0.05) is 12.1 Å². The molecule has 2 N–H and O–H groups in total. The van der Waals surface area contributed by atoms with E-state index in [2.05, 4.69) is 35.4 Å². The molecular weight excluding hydrogens is 212 g/mol. The molecule has 0 spiro atoms. The molecule has 0 unspecified atom stereocenters. The van der Waals surface area contributed by atoms with Crippen molar-refractivity contribution in [2.45, 2.75) is 32.7 Å². The fourth-order valence-corrected chi connectivity index (χ4v) is 2.16. The van der Waals surface area contributed by atoms with Crippen LogP contribution in [0.3, 0.4) is 0 Å². The highest BCUT2D eigenvalue weighted by molar-refractivity contribution is 6.01. The van der Waals surface area contributed by atoms with Gasteiger partial charge in [-0.3, -0.25) is 4.79 Å². The molecule has 0 bridgehead atoms. The molecule has 1 aromatic heterocycles. The van der Waals surface area contributed by atoms with E-state index in [9.17, 15) is 4.79 Å². The highest BCUT2D eigenvalue weighted by atomic mass is 16.2. The average Bonchev–Trinajstić information content (AvgIpc) is 3.03. The van der Waals surface area contributed by atoms with Crippen LogP contribution in [-0.2, 0) is 0 Å². The minimum Gasteiger partial charge on any atom is -0.350 e. The van der Waals surface area contributed by atoms with Gasteiger partial charge in [0.05, 0.1) is 0 Å². The molecule has 1 amide bonds. The molecule has 2 aromatic rings. The summed E-state index contributed by atoms with van der Waals surface area (Å²) in [4.78, 5) is 15.3. The summed E-state index contributed by atoms with van der Waals surface area (Å²) in [5, 5.41) is 4.15. The van der Waals surface area contributed by atoms with Gasteiger partial charge in [-0.2, -0.15) is 0 Å². The molecule has 0 saturated heterocycles. The number of aryl methyl sites for hydroxylation is 2. The van der Waals surface area contributed by atoms with Gasteiger partial charge in [0, 0.05) is 16.9 Å². The molecule has 0 atom stereocenters. The van der Waals surface area contributed by atoms with Gasteiger partial charge in [-0.15, -0.1) is 0 Å². The fourth-order valence-electron chi connectivity index (χ4n) is 2.16. The molecule has 88 valence electrons. The summed E-state index contributed by atoms with van der Waals surface area (Å²) < 4.78 is 0. The van der Waals surface area contributed by atoms with Gasteiger partial charge in [0.1, 0.15) is 5.69 Å². The third-order valence-corrected chi connectivity index (χ3v) is 3.35. The van der Waals surface area contributed by atoms with Crippen LogP contribution in [0.5, 0.6) is 0 Å². The first-order valence-electron chi connectivity index (χ1n) is 6.05. The van der Waals surface area contributed by atoms with Crippen molar-refractivity contribution in [2.24, 2.45) is 0 Å². The summed E-state index contributed by atoms with van der Waals surface area (Å²) in [6, 6.07) is 6.63. The zero-order valence-electron chi connectivity index (χ0n) is 10.1. The summed E-state index contributed by atoms with van der Waals surface area (Å²) in [5.74, 6) is 0.0267. The maximum Gasteiger partial charge on any atom is 0.268 e. The number of aromatic nitrogens is 1. The van der Waals surface area contributed by atoms with Crippen molar-refractivity contribution in [3.63, 3.8) is 0 Å². The molecular formula is C14H16N2O. The molecule has 3 rings (SSSR count). The average molecular weight is 228 g/mol. The lowest BCUT2D eigenvalue weighted by Gasteiger charge is -2.01. The number of benzene rings is 1. The lowest BCUT2D eigenvalue weighted by Crippen LogP contribution is -2.26. The van der Waals surface area contributed by atoms with Gasteiger partial charge < -0.3 is 10.3 Å². The predicted octanol–water partition coefficient (Wildman–Crippen LogP) is 2.68. The summed E-state index contributed by atoms with van der Waals surface area (Å²) in [6.07, 6.45) is 2.23. The lowest BCUT2D eigenvalue weighted by atomic mass is 10.1. The summed E-state index contributed by atoms with van der Waals surface area (Å²) in [6.45, 7) is 4.05. The zero-order valence-corrected chi connectivity index (χ0v) is 10.1. The molecule has 1 aliphatic rings. The molecule has 0 aliphatic heterocycles. The SMILES string of the molecule is Cc1ccc2c(C)c(C(=O)NC3CC3)[nH]c2c1. The minimum atomic E-state index is 0.0267. The second-order valence-electron chi connectivity index (χ2n) is 4.92. The Morgan fingerprint density at radius 1 is 1.35 bits per heavy atom. The van der Waals surface area contributed by atoms with Crippen LogP contribution in [0.25, 0.3) is 10.9 Å². The third kappa shape index (κ3) is 1.82. The van der Waals surface area contributed by atoms with Crippen molar-refractivity contribution in [1.29, 1.82) is 0 Å². The largest absolute Gasteiger partial charge is 0.350 e. The first-order chi connectivity index (χ1) is 8.15. The highest BCUT2D eigenvalue weighted by Gasteiger charge is 2.25. The van der Waals surface area contributed by atoms with Gasteiger partial charge in [0.2, 0.25) is 0 Å². The molecule has 3 nitrogen and oxygen atoms in total. The maximum atomic E-state index is 12.0. The Morgan fingerprint density at radius 3 is 2.82 bits per heavy atom. The van der Waals surface area contributed by atoms with E-state index in [0.29, 0.717) is 11.7 Å². The van der Waals surface area contributed by atoms with E-state index in [4.69, 9.17) is 0 Å². The van der Waals surface area contributed by atoms with Gasteiger partial charge >= 0.3 is 0 Å². The van der Waals surface area contributed by atoms with E-state index in [-0.39, 0.29) is 5.91 Å². The Morgan fingerprint density at radius 2 is 2.12 bits per heavy atom. The second kappa shape index (κ2) is 3.62. The van der Waals surface area contributed by atoms with Gasteiger partial charge in [-0.25, -0.2) is 0 Å². The van der Waals surface area contributed by atoms with Crippen molar-refractivity contribution < 1.29 is 4.79 Å². The van der Waals surface area contributed by atoms with Crippen LogP contribution in [0.1, 0.15) is 34.5 Å². The Bertz CT molecular complexity index is 594. The molecule has 1 saturated carbocycles. The van der Waals surface area contributed by atoms with Crippen LogP contribution < -0.4 is 5.32 Å². The number of hydrogen-bond donors (Lipinski definition) is 2. The lowest BCUT2D eigenvalue weighted by molar-refractivity contribution is 0.0946. The van der Waals surface area contributed by atoms with Crippen molar-refractivity contribution in [3.8, 4) is 0 Å². The van der Waals surface area contributed by atoms with E-state index in [1.165, 1.54) is 5.56 Å². The third-order valence-electron chi connectivity index (χ3n) is 3.35. The predicted molar refractivity (Wildman–Crippen MR) is 68.3 cm³/mol. The summed E-state index contributed by atoms with van der Waals surface area (Å²) in [7, 11) is 0. The molecule has 17 heavy (non-hydrogen) atoms. The zero-order chi connectivity index (χ0) is 12.0. The minimum absolute atomic E-state index is 0.0267. The quantitative estimate of drug-likeness (QED) is 0.815. The Kier molecular flexibility index (Phi) is 2.21. The van der Waals surface area contributed by atoms with Crippen LogP contribution in [-0.4, -0.2) is 16.9 Å². The monoisotopic (exact) mass is 228 g/mol. The number of fused-ring (bicyclic) bond motifs is 1. The molecule has 1 fully saturated rings. The molecule has 1 aromatic carbocycles. The number of amides is 1. The van der Waals surface area contributed by atoms with Crippen molar-refractivity contribution in [2.75, 3.05) is 0 Å². The van der Waals surface area contributed by atoms with Crippen LogP contribution in [0.2, 0.25) is 0 Å². The molecule has 3 heteroatoms. The molecule has 0 radical (unpaired) electrons. The Labute approximate surface area is 100 Å². The van der Waals surface area contributed by atoms with Gasteiger partial charge in [0.15, 0.2) is 0 Å². The van der Waals surface area contributed by atoms with Crippen molar-refractivity contribution in [1.82, 2.24) is 10.3 Å². The van der Waals surface area contributed by atoms with Crippen LogP contribution in [0.15, 0.2) is 18.2 Å². The van der Waals surface area contributed by atoms with Gasteiger partial charge in [-0.05, 0) is 43.9 Å². The van der Waals surface area contributed by atoms with Crippen molar-refractivity contribution in [3.05, 3.63) is 35.0 Å². The topological polar surface area (TPSA) is 44.9 Å². The van der Waals surface area contributed by atoms with Crippen LogP contribution >= 0.6 is 0 Å². The summed E-state index contributed by atoms with van der Waals surface area (Å²) in [5.41, 5.74) is 3.99. The number of nitrogens with one attached hydrogen (secondary N) is 2. The Hall–Kier alpha value is -1.77. The fraction of sp³-hybridized carbons (Fsp3) is 0.357. The highest BCUT2D eigenvalue weighted by Crippen LogP contribution is 2.24. The van der Waals surface area contributed by atoms with E-state index in [0.717, 1.165) is 29.3 Å². The molecule has 1 aliphatic carbocycles. The maximum absolute atomic E-state index is 12.0. The van der Waals surface area contributed by atoms with E-state index in [1.807, 2.05) is 6.92 Å². The first-order valence-corrected chi connectivity index (χ1v) is 6.05. The smallest absolute Gasteiger partial charge is 0.268 e. The Balaban J connectivity index is 2.03. The number of aromatic amines is 1. The summed E-state index contributed by atoms with van der Waals surface area (Å²) >= 11 is 0. The van der Waals surface area contributed by atoms with Gasteiger partial charge in [0.25, 0.3) is 5.91 Å². The standard InChI is InChI=1S/C14H16N2O/c1-8-3-6-11-9(2)13(16-12(11)7-8)14(17)15-10-4-5-10/h3,6-7,10,16H,4-5H2,1-2H3,(H,15,17). The van der Waals surface area contributed by atoms with E-state index in [1.54, 1.807) is 0 Å². The first kappa shape index (κ1) is 10.4. The number of H-pyrrole nitrogens is 1. The van der Waals surface area contributed by atoms with Crippen LogP contribution in [0, 0.1) is 13.8 Å². The number of carbonyl (C=O) groups excluding carboxylic acids is 1. The number of rotatable bonds is 2. The number of hydrogen-bond acceptors (Lipinski definition) is 1. The van der Waals surface area contributed by atoms with E-state index >= 15 is 0 Å². The van der Waals surface area contributed by atoms with Crippen molar-refractivity contribution >= 4 is 16.8 Å². The van der Waals surface area contributed by atoms with Crippen LogP contribution in [0.4, 0.5) is 0 Å².